The molecule has 0 fully saturated rings. The zero-order valence-corrected chi connectivity index (χ0v) is 10.2. The molecule has 1 unspecified atom stereocenters. The Morgan fingerprint density at radius 1 is 1.17 bits per heavy atom. The quantitative estimate of drug-likeness (QED) is 0.903. The monoisotopic (exact) mass is 248 g/mol. The van der Waals surface area contributed by atoms with E-state index >= 15 is 0 Å². The first-order valence-corrected chi connectivity index (χ1v) is 5.65. The maximum atomic E-state index is 13.8. The van der Waals surface area contributed by atoms with Gasteiger partial charge in [-0.3, -0.25) is 4.98 Å². The van der Waals surface area contributed by atoms with E-state index in [-0.39, 0.29) is 6.04 Å². The third-order valence-electron chi connectivity index (χ3n) is 2.79. The van der Waals surface area contributed by atoms with Crippen molar-refractivity contribution in [1.29, 1.82) is 0 Å². The van der Waals surface area contributed by atoms with Gasteiger partial charge in [0.1, 0.15) is 11.6 Å². The van der Waals surface area contributed by atoms with Crippen LogP contribution in [0.25, 0.3) is 0 Å². The second-order valence-corrected chi connectivity index (χ2v) is 4.18. The third-order valence-corrected chi connectivity index (χ3v) is 2.79. The molecule has 0 aliphatic carbocycles. The summed E-state index contributed by atoms with van der Waals surface area (Å²) < 4.78 is 26.7. The van der Waals surface area contributed by atoms with Gasteiger partial charge in [0.15, 0.2) is 0 Å². The van der Waals surface area contributed by atoms with E-state index in [0.29, 0.717) is 5.56 Å². The van der Waals surface area contributed by atoms with Crippen LogP contribution in [-0.4, -0.2) is 12.0 Å². The van der Waals surface area contributed by atoms with Crippen molar-refractivity contribution in [2.24, 2.45) is 0 Å². The van der Waals surface area contributed by atoms with Gasteiger partial charge in [-0.25, -0.2) is 8.78 Å². The van der Waals surface area contributed by atoms with E-state index in [9.17, 15) is 8.78 Å². The Hall–Kier alpha value is -1.81. The zero-order valence-electron chi connectivity index (χ0n) is 10.2. The van der Waals surface area contributed by atoms with Crippen molar-refractivity contribution in [3.63, 3.8) is 0 Å². The lowest BCUT2D eigenvalue weighted by molar-refractivity contribution is 0.551. The highest BCUT2D eigenvalue weighted by Gasteiger charge is 2.17. The molecule has 0 amide bonds. The van der Waals surface area contributed by atoms with Crippen LogP contribution in [0.4, 0.5) is 8.78 Å². The van der Waals surface area contributed by atoms with Crippen molar-refractivity contribution in [3.05, 3.63) is 65.0 Å². The van der Waals surface area contributed by atoms with E-state index in [1.165, 1.54) is 12.1 Å². The number of benzene rings is 1. The van der Waals surface area contributed by atoms with Gasteiger partial charge in [-0.2, -0.15) is 0 Å². The van der Waals surface area contributed by atoms with E-state index in [4.69, 9.17) is 0 Å². The molecule has 1 aromatic carbocycles. The number of halogens is 2. The predicted octanol–water partition coefficient (Wildman–Crippen LogP) is 2.98. The molecule has 2 nitrogen and oxygen atoms in total. The largest absolute Gasteiger partial charge is 0.309 e. The Bertz CT molecular complexity index is 555. The molecule has 2 aromatic rings. The second kappa shape index (κ2) is 5.23. The van der Waals surface area contributed by atoms with Gasteiger partial charge >= 0.3 is 0 Å². The highest BCUT2D eigenvalue weighted by atomic mass is 19.1. The van der Waals surface area contributed by atoms with E-state index in [0.717, 1.165) is 17.2 Å². The van der Waals surface area contributed by atoms with E-state index in [2.05, 4.69) is 10.3 Å². The first-order chi connectivity index (χ1) is 8.61. The van der Waals surface area contributed by atoms with Crippen LogP contribution >= 0.6 is 0 Å². The van der Waals surface area contributed by atoms with Gasteiger partial charge in [0.05, 0.1) is 6.04 Å². The van der Waals surface area contributed by atoms with Gasteiger partial charge in [-0.1, -0.05) is 12.1 Å². The number of hydrogen-bond acceptors (Lipinski definition) is 2. The number of aromatic nitrogens is 1. The van der Waals surface area contributed by atoms with Gasteiger partial charge in [0.25, 0.3) is 0 Å². The molecule has 4 heteroatoms. The lowest BCUT2D eigenvalue weighted by atomic mass is 9.99. The average molecular weight is 248 g/mol. The lowest BCUT2D eigenvalue weighted by Gasteiger charge is -2.18. The van der Waals surface area contributed by atoms with Crippen LogP contribution in [0.5, 0.6) is 0 Å². The number of aryl methyl sites for hydroxylation is 1. The van der Waals surface area contributed by atoms with Gasteiger partial charge in [0, 0.05) is 24.0 Å². The number of nitrogens with one attached hydrogen (secondary N) is 1. The van der Waals surface area contributed by atoms with Crippen LogP contribution in [0, 0.1) is 18.6 Å². The molecular weight excluding hydrogens is 234 g/mol. The van der Waals surface area contributed by atoms with Crippen molar-refractivity contribution < 1.29 is 8.78 Å². The standard InChI is InChI=1S/C14H14F2N2/c1-9-5-10(8-18-7-9)14(17-2)12-4-3-11(15)6-13(12)16/h3-8,14,17H,1-2H3. The van der Waals surface area contributed by atoms with Gasteiger partial charge in [0.2, 0.25) is 0 Å². The van der Waals surface area contributed by atoms with Crippen LogP contribution in [-0.2, 0) is 0 Å². The van der Waals surface area contributed by atoms with Crippen LogP contribution < -0.4 is 5.32 Å². The SMILES string of the molecule is CNC(c1cncc(C)c1)c1ccc(F)cc1F. The molecule has 0 aliphatic rings. The van der Waals surface area contributed by atoms with Crippen LogP contribution in [0.1, 0.15) is 22.7 Å². The molecule has 0 saturated heterocycles. The summed E-state index contributed by atoms with van der Waals surface area (Å²) in [6, 6.07) is 5.19. The Labute approximate surface area is 105 Å². The normalized spacial score (nSPS) is 12.4. The molecular formula is C14H14F2N2. The molecule has 1 heterocycles. The fourth-order valence-electron chi connectivity index (χ4n) is 1.97. The molecule has 0 aliphatic heterocycles. The van der Waals surface area contributed by atoms with Crippen molar-refractivity contribution >= 4 is 0 Å². The van der Waals surface area contributed by atoms with Crippen LogP contribution in [0.3, 0.4) is 0 Å². The fraction of sp³-hybridized carbons (Fsp3) is 0.214. The Kier molecular flexibility index (Phi) is 3.67. The Morgan fingerprint density at radius 3 is 2.56 bits per heavy atom. The summed E-state index contributed by atoms with van der Waals surface area (Å²) in [5, 5.41) is 3.02. The summed E-state index contributed by atoms with van der Waals surface area (Å²) in [4.78, 5) is 4.09. The third kappa shape index (κ3) is 2.54. The minimum Gasteiger partial charge on any atom is -0.309 e. The predicted molar refractivity (Wildman–Crippen MR) is 66.2 cm³/mol. The van der Waals surface area contributed by atoms with Crippen LogP contribution in [0.15, 0.2) is 36.7 Å². The average Bonchev–Trinajstić information content (AvgIpc) is 2.33. The lowest BCUT2D eigenvalue weighted by Crippen LogP contribution is -2.19. The summed E-state index contributed by atoms with van der Waals surface area (Å²) in [6.07, 6.45) is 3.41. The first-order valence-electron chi connectivity index (χ1n) is 5.65. The van der Waals surface area contributed by atoms with Crippen molar-refractivity contribution in [2.75, 3.05) is 7.05 Å². The summed E-state index contributed by atoms with van der Waals surface area (Å²) in [6.45, 7) is 1.92. The molecule has 1 atom stereocenters. The van der Waals surface area contributed by atoms with Crippen LogP contribution in [0.2, 0.25) is 0 Å². The summed E-state index contributed by atoms with van der Waals surface area (Å²) in [7, 11) is 1.73. The summed E-state index contributed by atoms with van der Waals surface area (Å²) in [5.41, 5.74) is 2.25. The fourth-order valence-corrected chi connectivity index (χ4v) is 1.97. The molecule has 1 aromatic heterocycles. The smallest absolute Gasteiger partial charge is 0.131 e. The van der Waals surface area contributed by atoms with Crippen molar-refractivity contribution in [3.8, 4) is 0 Å². The Morgan fingerprint density at radius 2 is 1.94 bits per heavy atom. The van der Waals surface area contributed by atoms with Gasteiger partial charge < -0.3 is 5.32 Å². The number of hydrogen-bond donors (Lipinski definition) is 1. The highest BCUT2D eigenvalue weighted by molar-refractivity contribution is 5.32. The summed E-state index contributed by atoms with van der Waals surface area (Å²) >= 11 is 0. The molecule has 94 valence electrons. The first kappa shape index (κ1) is 12.6. The summed E-state index contributed by atoms with van der Waals surface area (Å²) in [5.74, 6) is -1.13. The van der Waals surface area contributed by atoms with E-state index in [1.54, 1.807) is 19.4 Å². The molecule has 0 spiro atoms. The zero-order chi connectivity index (χ0) is 13.1. The van der Waals surface area contributed by atoms with Gasteiger partial charge in [-0.15, -0.1) is 0 Å². The second-order valence-electron chi connectivity index (χ2n) is 4.18. The molecule has 2 rings (SSSR count). The maximum Gasteiger partial charge on any atom is 0.131 e. The Balaban J connectivity index is 2.45. The maximum absolute atomic E-state index is 13.8. The minimum atomic E-state index is -0.575. The molecule has 0 radical (unpaired) electrons. The van der Waals surface area contributed by atoms with Crippen molar-refractivity contribution in [1.82, 2.24) is 10.3 Å². The molecule has 0 bridgehead atoms. The van der Waals surface area contributed by atoms with Gasteiger partial charge in [-0.05, 0) is 31.2 Å². The number of nitrogens with zero attached hydrogens (tertiary/aromatic N) is 1. The molecule has 1 N–H and O–H groups in total. The topological polar surface area (TPSA) is 24.9 Å². The molecule has 0 saturated carbocycles. The van der Waals surface area contributed by atoms with E-state index < -0.39 is 11.6 Å². The molecule has 18 heavy (non-hydrogen) atoms. The number of rotatable bonds is 3. The van der Waals surface area contributed by atoms with E-state index in [1.807, 2.05) is 13.0 Å². The number of pyridine rings is 1. The van der Waals surface area contributed by atoms with Crippen molar-refractivity contribution in [2.45, 2.75) is 13.0 Å². The minimum absolute atomic E-state index is 0.335. The highest BCUT2D eigenvalue weighted by Crippen LogP contribution is 2.24.